The first kappa shape index (κ1) is 13.1. The number of rotatable bonds is 4. The van der Waals surface area contributed by atoms with E-state index in [1.807, 2.05) is 0 Å². The average molecular weight is 274 g/mol. The number of ketones is 1. The Morgan fingerprint density at radius 3 is 2.85 bits per heavy atom. The normalized spacial score (nSPS) is 16.6. The van der Waals surface area contributed by atoms with Crippen LogP contribution in [-0.2, 0) is 0 Å². The summed E-state index contributed by atoms with van der Waals surface area (Å²) in [6.07, 6.45) is 4.27. The van der Waals surface area contributed by atoms with E-state index in [2.05, 4.69) is 9.88 Å². The number of aromatic nitrogens is 1. The Morgan fingerprint density at radius 2 is 2.05 bits per heavy atom. The van der Waals surface area contributed by atoms with Crippen molar-refractivity contribution >= 4 is 16.9 Å². The van der Waals surface area contributed by atoms with Crippen LogP contribution in [0.15, 0.2) is 27.4 Å². The van der Waals surface area contributed by atoms with Gasteiger partial charge in [0, 0.05) is 18.5 Å². The Kier molecular flexibility index (Phi) is 3.69. The van der Waals surface area contributed by atoms with E-state index < -0.39 is 5.76 Å². The van der Waals surface area contributed by atoms with Gasteiger partial charge in [-0.15, -0.1) is 0 Å². The van der Waals surface area contributed by atoms with Crippen molar-refractivity contribution < 1.29 is 9.21 Å². The monoisotopic (exact) mass is 274 g/mol. The van der Waals surface area contributed by atoms with Crippen LogP contribution in [0.3, 0.4) is 0 Å². The maximum atomic E-state index is 12.2. The van der Waals surface area contributed by atoms with Gasteiger partial charge in [0.05, 0.1) is 5.52 Å². The van der Waals surface area contributed by atoms with E-state index in [4.69, 9.17) is 4.42 Å². The number of nitrogens with one attached hydrogen (secondary N) is 1. The minimum atomic E-state index is -0.488. The number of aromatic amines is 1. The number of piperidine rings is 1. The number of H-pyrrole nitrogens is 1. The minimum Gasteiger partial charge on any atom is -0.408 e. The molecule has 2 aromatic rings. The lowest BCUT2D eigenvalue weighted by Crippen LogP contribution is -2.31. The van der Waals surface area contributed by atoms with Gasteiger partial charge >= 0.3 is 5.76 Å². The van der Waals surface area contributed by atoms with Crippen LogP contribution in [-0.4, -0.2) is 35.3 Å². The molecule has 3 rings (SSSR count). The molecule has 20 heavy (non-hydrogen) atoms. The SMILES string of the molecule is O=C(CCN1CCCCC1)c1ccc2[nH]c(=O)oc2c1. The molecule has 1 aliphatic rings. The van der Waals surface area contributed by atoms with Crippen LogP contribution in [0.2, 0.25) is 0 Å². The molecule has 1 aromatic heterocycles. The molecule has 1 fully saturated rings. The maximum absolute atomic E-state index is 12.2. The van der Waals surface area contributed by atoms with Gasteiger partial charge in [-0.3, -0.25) is 9.78 Å². The molecule has 2 heterocycles. The third-order valence-electron chi connectivity index (χ3n) is 3.85. The van der Waals surface area contributed by atoms with Gasteiger partial charge in [0.25, 0.3) is 0 Å². The van der Waals surface area contributed by atoms with E-state index in [1.54, 1.807) is 18.2 Å². The molecule has 5 heteroatoms. The number of Topliss-reactive ketones (excluding diaryl/α,β-unsaturated/α-hetero) is 1. The van der Waals surface area contributed by atoms with Crippen molar-refractivity contribution in [1.29, 1.82) is 0 Å². The Morgan fingerprint density at radius 1 is 1.25 bits per heavy atom. The zero-order valence-corrected chi connectivity index (χ0v) is 11.4. The fourth-order valence-electron chi connectivity index (χ4n) is 2.71. The first-order valence-electron chi connectivity index (χ1n) is 7.11. The highest BCUT2D eigenvalue weighted by molar-refractivity contribution is 5.98. The fraction of sp³-hybridized carbons (Fsp3) is 0.467. The van der Waals surface area contributed by atoms with E-state index in [-0.39, 0.29) is 5.78 Å². The number of hydrogen-bond acceptors (Lipinski definition) is 4. The molecule has 0 unspecified atom stereocenters. The maximum Gasteiger partial charge on any atom is 0.417 e. The van der Waals surface area contributed by atoms with Gasteiger partial charge in [0.15, 0.2) is 11.4 Å². The van der Waals surface area contributed by atoms with E-state index in [0.29, 0.717) is 23.1 Å². The second-order valence-corrected chi connectivity index (χ2v) is 5.30. The molecular formula is C15H18N2O3. The fourth-order valence-corrected chi connectivity index (χ4v) is 2.71. The summed E-state index contributed by atoms with van der Waals surface area (Å²) in [5.74, 6) is -0.390. The third kappa shape index (κ3) is 2.82. The highest BCUT2D eigenvalue weighted by atomic mass is 16.4. The number of oxazole rings is 1. The highest BCUT2D eigenvalue weighted by Crippen LogP contribution is 2.15. The van der Waals surface area contributed by atoms with Crippen molar-refractivity contribution in [3.05, 3.63) is 34.3 Å². The van der Waals surface area contributed by atoms with E-state index >= 15 is 0 Å². The first-order chi connectivity index (χ1) is 9.72. The molecule has 106 valence electrons. The molecule has 1 N–H and O–H groups in total. The molecule has 1 aliphatic heterocycles. The lowest BCUT2D eigenvalue weighted by atomic mass is 10.1. The smallest absolute Gasteiger partial charge is 0.408 e. The first-order valence-corrected chi connectivity index (χ1v) is 7.11. The van der Waals surface area contributed by atoms with Gasteiger partial charge in [0.2, 0.25) is 0 Å². The summed E-state index contributed by atoms with van der Waals surface area (Å²) >= 11 is 0. The Hall–Kier alpha value is -1.88. The van der Waals surface area contributed by atoms with Crippen LogP contribution in [0.25, 0.3) is 11.1 Å². The van der Waals surface area contributed by atoms with Crippen molar-refractivity contribution in [2.75, 3.05) is 19.6 Å². The molecule has 0 saturated carbocycles. The minimum absolute atomic E-state index is 0.0984. The Bertz CT molecular complexity index is 665. The summed E-state index contributed by atoms with van der Waals surface area (Å²) in [6.45, 7) is 3.01. The van der Waals surface area contributed by atoms with Crippen LogP contribution >= 0.6 is 0 Å². The van der Waals surface area contributed by atoms with E-state index in [1.165, 1.54) is 19.3 Å². The topological polar surface area (TPSA) is 66.3 Å². The second-order valence-electron chi connectivity index (χ2n) is 5.30. The summed E-state index contributed by atoms with van der Waals surface area (Å²) in [5, 5.41) is 0. The van der Waals surface area contributed by atoms with Crippen LogP contribution in [0, 0.1) is 0 Å². The number of nitrogens with zero attached hydrogens (tertiary/aromatic N) is 1. The average Bonchev–Trinajstić information content (AvgIpc) is 2.85. The van der Waals surface area contributed by atoms with Gasteiger partial charge < -0.3 is 9.32 Å². The molecule has 0 aliphatic carbocycles. The molecule has 0 bridgehead atoms. The van der Waals surface area contributed by atoms with E-state index in [9.17, 15) is 9.59 Å². The van der Waals surface area contributed by atoms with Gasteiger partial charge in [-0.05, 0) is 44.1 Å². The zero-order chi connectivity index (χ0) is 13.9. The molecule has 0 radical (unpaired) electrons. The van der Waals surface area contributed by atoms with Crippen LogP contribution < -0.4 is 5.76 Å². The molecule has 1 aromatic carbocycles. The number of fused-ring (bicyclic) bond motifs is 1. The summed E-state index contributed by atoms with van der Waals surface area (Å²) < 4.78 is 4.98. The molecule has 0 amide bonds. The highest BCUT2D eigenvalue weighted by Gasteiger charge is 2.13. The van der Waals surface area contributed by atoms with Crippen molar-refractivity contribution in [1.82, 2.24) is 9.88 Å². The second kappa shape index (κ2) is 5.63. The van der Waals surface area contributed by atoms with Crippen molar-refractivity contribution in [3.63, 3.8) is 0 Å². The molecule has 0 spiro atoms. The number of benzene rings is 1. The van der Waals surface area contributed by atoms with Crippen LogP contribution in [0.1, 0.15) is 36.0 Å². The van der Waals surface area contributed by atoms with Gasteiger partial charge in [0.1, 0.15) is 0 Å². The largest absolute Gasteiger partial charge is 0.417 e. The summed E-state index contributed by atoms with van der Waals surface area (Å²) in [6, 6.07) is 5.10. The quantitative estimate of drug-likeness (QED) is 0.868. The number of likely N-dealkylation sites (tertiary alicyclic amines) is 1. The third-order valence-corrected chi connectivity index (χ3v) is 3.85. The van der Waals surface area contributed by atoms with E-state index in [0.717, 1.165) is 19.6 Å². The van der Waals surface area contributed by atoms with Crippen molar-refractivity contribution in [3.8, 4) is 0 Å². The van der Waals surface area contributed by atoms with Crippen LogP contribution in [0.4, 0.5) is 0 Å². The predicted octanol–water partition coefficient (Wildman–Crippen LogP) is 2.18. The summed E-state index contributed by atoms with van der Waals surface area (Å²) in [7, 11) is 0. The standard InChI is InChI=1S/C15H18N2O3/c18-13(6-9-17-7-2-1-3-8-17)11-4-5-12-14(10-11)20-15(19)16-12/h4-5,10H,1-3,6-9H2,(H,16,19). The van der Waals surface area contributed by atoms with Gasteiger partial charge in [-0.2, -0.15) is 0 Å². The predicted molar refractivity (Wildman–Crippen MR) is 76.1 cm³/mol. The molecule has 5 nitrogen and oxygen atoms in total. The van der Waals surface area contributed by atoms with Crippen molar-refractivity contribution in [2.45, 2.75) is 25.7 Å². The summed E-state index contributed by atoms with van der Waals surface area (Å²) in [5.41, 5.74) is 1.68. The van der Waals surface area contributed by atoms with Gasteiger partial charge in [-0.1, -0.05) is 6.42 Å². The van der Waals surface area contributed by atoms with Gasteiger partial charge in [-0.25, -0.2) is 4.79 Å². The zero-order valence-electron chi connectivity index (χ0n) is 11.4. The van der Waals surface area contributed by atoms with Crippen LogP contribution in [0.5, 0.6) is 0 Å². The number of carbonyl (C=O) groups excluding carboxylic acids is 1. The Labute approximate surface area is 116 Å². The number of hydrogen-bond donors (Lipinski definition) is 1. The lowest BCUT2D eigenvalue weighted by Gasteiger charge is -2.25. The molecule has 1 saturated heterocycles. The number of carbonyl (C=O) groups is 1. The Balaban J connectivity index is 1.66. The molecular weight excluding hydrogens is 256 g/mol. The molecule has 0 atom stereocenters. The van der Waals surface area contributed by atoms with Crippen molar-refractivity contribution in [2.24, 2.45) is 0 Å². The summed E-state index contributed by atoms with van der Waals surface area (Å²) in [4.78, 5) is 28.2. The lowest BCUT2D eigenvalue weighted by molar-refractivity contribution is 0.0958.